The largest absolute Gasteiger partial charge is 0.375 e. The Hall–Kier alpha value is -3.13. The van der Waals surface area contributed by atoms with Crippen molar-refractivity contribution < 1.29 is 4.92 Å². The quantitative estimate of drug-likeness (QED) is 0.409. The Bertz CT molecular complexity index is 901. The summed E-state index contributed by atoms with van der Waals surface area (Å²) in [6.45, 7) is 2.01. The van der Waals surface area contributed by atoms with E-state index >= 15 is 0 Å². The summed E-state index contributed by atoms with van der Waals surface area (Å²) in [6.07, 6.45) is 0. The highest BCUT2D eigenvalue weighted by Crippen LogP contribution is 2.37. The van der Waals surface area contributed by atoms with Crippen LogP contribution < -0.4 is 5.73 Å². The number of nitro groups is 1. The zero-order chi connectivity index (χ0) is 17.1. The van der Waals surface area contributed by atoms with E-state index in [1.807, 2.05) is 31.2 Å². The first-order valence-corrected chi connectivity index (χ1v) is 7.84. The Morgan fingerprint density at radius 3 is 2.38 bits per heavy atom. The third-order valence-electron chi connectivity index (χ3n) is 3.27. The number of nitrogen functional groups attached to an aromatic ring is 1. The van der Waals surface area contributed by atoms with Gasteiger partial charge in [-0.05, 0) is 19.1 Å². The van der Waals surface area contributed by atoms with Gasteiger partial charge in [-0.3, -0.25) is 10.1 Å². The highest BCUT2D eigenvalue weighted by molar-refractivity contribution is 7.19. The van der Waals surface area contributed by atoms with Gasteiger partial charge in [0.1, 0.15) is 5.69 Å². The van der Waals surface area contributed by atoms with E-state index in [-0.39, 0.29) is 5.69 Å². The molecule has 3 aromatic rings. The summed E-state index contributed by atoms with van der Waals surface area (Å²) < 4.78 is 0. The minimum atomic E-state index is -0.458. The van der Waals surface area contributed by atoms with Gasteiger partial charge < -0.3 is 5.73 Å². The van der Waals surface area contributed by atoms with Crippen molar-refractivity contribution in [2.45, 2.75) is 6.92 Å². The molecule has 2 aromatic carbocycles. The van der Waals surface area contributed by atoms with Crippen LogP contribution >= 0.6 is 11.3 Å². The molecule has 0 saturated heterocycles. The predicted molar refractivity (Wildman–Crippen MR) is 94.0 cm³/mol. The number of hydrogen-bond acceptors (Lipinski definition) is 7. The molecule has 0 saturated carbocycles. The van der Waals surface area contributed by atoms with E-state index in [0.29, 0.717) is 21.5 Å². The van der Waals surface area contributed by atoms with Crippen LogP contribution in [-0.2, 0) is 0 Å². The summed E-state index contributed by atoms with van der Waals surface area (Å²) >= 11 is 1.24. The number of anilines is 1. The lowest BCUT2D eigenvalue weighted by atomic mass is 10.1. The van der Waals surface area contributed by atoms with Gasteiger partial charge in [0, 0.05) is 17.7 Å². The minimum Gasteiger partial charge on any atom is -0.375 e. The Morgan fingerprint density at radius 1 is 1.08 bits per heavy atom. The topological polar surface area (TPSA) is 107 Å². The summed E-state index contributed by atoms with van der Waals surface area (Å²) in [5, 5.41) is 20.0. The van der Waals surface area contributed by atoms with Crippen molar-refractivity contribution in [3.63, 3.8) is 0 Å². The molecule has 0 unspecified atom stereocenters. The van der Waals surface area contributed by atoms with Gasteiger partial charge in [-0.25, -0.2) is 4.98 Å². The zero-order valence-corrected chi connectivity index (χ0v) is 13.5. The molecule has 0 spiro atoms. The highest BCUT2D eigenvalue weighted by atomic mass is 32.1. The first-order chi connectivity index (χ1) is 11.5. The van der Waals surface area contributed by atoms with E-state index in [1.165, 1.54) is 35.6 Å². The molecule has 0 bridgehead atoms. The molecule has 7 nitrogen and oxygen atoms in total. The van der Waals surface area contributed by atoms with Crippen molar-refractivity contribution in [1.82, 2.24) is 4.98 Å². The average molecular weight is 339 g/mol. The van der Waals surface area contributed by atoms with Crippen LogP contribution in [0.3, 0.4) is 0 Å². The molecule has 0 fully saturated rings. The molecular weight excluding hydrogens is 326 g/mol. The number of azo groups is 1. The number of nitrogens with two attached hydrogens (primary N) is 1. The molecule has 0 aliphatic rings. The van der Waals surface area contributed by atoms with Gasteiger partial charge in [0.2, 0.25) is 0 Å². The summed E-state index contributed by atoms with van der Waals surface area (Å²) in [6, 6.07) is 13.7. The van der Waals surface area contributed by atoms with Gasteiger partial charge in [0.25, 0.3) is 5.69 Å². The highest BCUT2D eigenvalue weighted by Gasteiger charge is 2.11. The number of rotatable bonds is 4. The van der Waals surface area contributed by atoms with Crippen molar-refractivity contribution in [3.05, 3.63) is 64.2 Å². The van der Waals surface area contributed by atoms with Gasteiger partial charge >= 0.3 is 0 Å². The standard InChI is InChI=1S/C16H13N5O2S/c1-10-2-4-11(5-3-10)14-15(24-16(17)18-14)20-19-12-6-8-13(9-7-12)21(22)23/h2-9H,1H3,(H2,17,18). The van der Waals surface area contributed by atoms with Crippen molar-refractivity contribution in [2.24, 2.45) is 10.2 Å². The lowest BCUT2D eigenvalue weighted by Crippen LogP contribution is -1.85. The second kappa shape index (κ2) is 6.55. The van der Waals surface area contributed by atoms with Crippen LogP contribution in [0.2, 0.25) is 0 Å². The molecule has 0 aliphatic heterocycles. The molecule has 120 valence electrons. The second-order valence-electron chi connectivity index (χ2n) is 5.05. The molecule has 1 aromatic heterocycles. The third kappa shape index (κ3) is 3.44. The van der Waals surface area contributed by atoms with Crippen molar-refractivity contribution in [1.29, 1.82) is 0 Å². The summed E-state index contributed by atoms with van der Waals surface area (Å²) in [5.41, 5.74) is 9.05. The predicted octanol–water partition coefficient (Wildman–Crippen LogP) is 5.02. The monoisotopic (exact) mass is 339 g/mol. The van der Waals surface area contributed by atoms with Crippen molar-refractivity contribution in [2.75, 3.05) is 5.73 Å². The Kier molecular flexibility index (Phi) is 4.30. The number of nitrogens with zero attached hydrogens (tertiary/aromatic N) is 4. The van der Waals surface area contributed by atoms with Crippen molar-refractivity contribution in [3.8, 4) is 11.3 Å². The van der Waals surface area contributed by atoms with Gasteiger partial charge in [0.15, 0.2) is 10.1 Å². The molecule has 0 aliphatic carbocycles. The van der Waals surface area contributed by atoms with Gasteiger partial charge in [-0.2, -0.15) is 0 Å². The van der Waals surface area contributed by atoms with Crippen LogP contribution in [0.15, 0.2) is 58.8 Å². The Morgan fingerprint density at radius 2 is 1.75 bits per heavy atom. The first kappa shape index (κ1) is 15.8. The summed E-state index contributed by atoms with van der Waals surface area (Å²) in [4.78, 5) is 14.5. The normalized spacial score (nSPS) is 11.0. The lowest BCUT2D eigenvalue weighted by Gasteiger charge is -1.99. The molecule has 0 amide bonds. The maximum atomic E-state index is 10.7. The maximum absolute atomic E-state index is 10.7. The molecule has 0 radical (unpaired) electrons. The SMILES string of the molecule is Cc1ccc(-c2nc(N)sc2N=Nc2ccc([N+](=O)[O-])cc2)cc1. The smallest absolute Gasteiger partial charge is 0.269 e. The Labute approximate surface area is 141 Å². The van der Waals surface area contributed by atoms with Gasteiger partial charge in [0.05, 0.1) is 10.6 Å². The first-order valence-electron chi connectivity index (χ1n) is 7.02. The number of aromatic nitrogens is 1. The second-order valence-corrected chi connectivity index (χ2v) is 6.05. The van der Waals surface area contributed by atoms with Crippen LogP contribution in [0.5, 0.6) is 0 Å². The van der Waals surface area contributed by atoms with Crippen molar-refractivity contribution >= 4 is 32.8 Å². The van der Waals surface area contributed by atoms with Crippen LogP contribution in [-0.4, -0.2) is 9.91 Å². The fourth-order valence-corrected chi connectivity index (χ4v) is 2.72. The van der Waals surface area contributed by atoms with E-state index < -0.39 is 4.92 Å². The number of benzene rings is 2. The summed E-state index contributed by atoms with van der Waals surface area (Å²) in [5.74, 6) is 0. The molecule has 0 atom stereocenters. The van der Waals surface area contributed by atoms with E-state index in [9.17, 15) is 10.1 Å². The number of nitro benzene ring substituents is 1. The minimum absolute atomic E-state index is 0.0105. The lowest BCUT2D eigenvalue weighted by molar-refractivity contribution is -0.384. The number of hydrogen-bond donors (Lipinski definition) is 1. The van der Waals surface area contributed by atoms with Crippen LogP contribution in [0.1, 0.15) is 5.56 Å². The van der Waals surface area contributed by atoms with E-state index in [2.05, 4.69) is 15.2 Å². The molecule has 3 rings (SSSR count). The zero-order valence-electron chi connectivity index (χ0n) is 12.7. The third-order valence-corrected chi connectivity index (χ3v) is 4.04. The molecular formula is C16H13N5O2S. The summed E-state index contributed by atoms with van der Waals surface area (Å²) in [7, 11) is 0. The molecule has 1 heterocycles. The number of non-ortho nitro benzene ring substituents is 1. The van der Waals surface area contributed by atoms with E-state index in [4.69, 9.17) is 5.73 Å². The van der Waals surface area contributed by atoms with E-state index in [1.54, 1.807) is 0 Å². The Balaban J connectivity index is 1.90. The van der Waals surface area contributed by atoms with E-state index in [0.717, 1.165) is 11.1 Å². The van der Waals surface area contributed by atoms with Gasteiger partial charge in [-0.15, -0.1) is 10.2 Å². The molecule has 24 heavy (non-hydrogen) atoms. The fraction of sp³-hybridized carbons (Fsp3) is 0.0625. The van der Waals surface area contributed by atoms with Crippen LogP contribution in [0.25, 0.3) is 11.3 Å². The van der Waals surface area contributed by atoms with Gasteiger partial charge in [-0.1, -0.05) is 41.2 Å². The maximum Gasteiger partial charge on any atom is 0.269 e. The number of thiazole rings is 1. The number of aryl methyl sites for hydroxylation is 1. The molecule has 8 heteroatoms. The average Bonchev–Trinajstić information content (AvgIpc) is 2.95. The molecule has 2 N–H and O–H groups in total. The van der Waals surface area contributed by atoms with Crippen LogP contribution in [0, 0.1) is 17.0 Å². The van der Waals surface area contributed by atoms with Crippen LogP contribution in [0.4, 0.5) is 21.5 Å². The fourth-order valence-electron chi connectivity index (χ4n) is 2.04.